The van der Waals surface area contributed by atoms with Gasteiger partial charge in [-0.15, -0.1) is 0 Å². The number of aromatic nitrogens is 3. The topological polar surface area (TPSA) is 88.9 Å². The fraction of sp³-hybridized carbons (Fsp3) is 0.444. The number of hydrogen-bond acceptors (Lipinski definition) is 4. The molecular formula is C18H23N5O2. The number of fused-ring (bicyclic) bond motifs is 1. The molecule has 2 heterocycles. The van der Waals surface area contributed by atoms with Crippen LogP contribution in [0.4, 0.5) is 5.95 Å². The second-order valence-electron chi connectivity index (χ2n) is 6.69. The van der Waals surface area contributed by atoms with E-state index in [0.29, 0.717) is 30.7 Å². The molecule has 25 heavy (non-hydrogen) atoms. The van der Waals surface area contributed by atoms with Crippen LogP contribution in [0.15, 0.2) is 30.3 Å². The van der Waals surface area contributed by atoms with Gasteiger partial charge in [0.15, 0.2) is 5.82 Å². The molecule has 1 aromatic carbocycles. The number of carbonyl (C=O) groups excluding carboxylic acids is 2. The molecule has 0 saturated carbocycles. The van der Waals surface area contributed by atoms with Crippen molar-refractivity contribution in [3.8, 4) is 0 Å². The van der Waals surface area contributed by atoms with Crippen molar-refractivity contribution in [3.05, 3.63) is 41.7 Å². The molecule has 0 unspecified atom stereocenters. The molecule has 2 aromatic rings. The first-order valence-corrected chi connectivity index (χ1v) is 8.60. The largest absolute Gasteiger partial charge is 0.354 e. The van der Waals surface area contributed by atoms with Crippen LogP contribution >= 0.6 is 0 Å². The molecule has 7 heteroatoms. The summed E-state index contributed by atoms with van der Waals surface area (Å²) in [6, 6.07) is 9.31. The van der Waals surface area contributed by atoms with E-state index in [1.807, 2.05) is 30.3 Å². The van der Waals surface area contributed by atoms with Gasteiger partial charge in [0, 0.05) is 13.0 Å². The Morgan fingerprint density at radius 3 is 2.84 bits per heavy atom. The Balaban J connectivity index is 1.66. The van der Waals surface area contributed by atoms with Gasteiger partial charge in [0.2, 0.25) is 17.8 Å². The minimum Gasteiger partial charge on any atom is -0.354 e. The molecule has 0 saturated heterocycles. The summed E-state index contributed by atoms with van der Waals surface area (Å²) < 4.78 is 1.54. The standard InChI is InChI=1S/C18H23N5O2/c1-12(2)10-15-20-18-21-16(24)11-14(23(18)22-15)17(25)19-9-8-13-6-4-3-5-7-13/h3-7,12,14H,8-11H2,1-2H3,(H,19,25)(H,20,21,22,24)/t14-/m0/s1. The van der Waals surface area contributed by atoms with Gasteiger partial charge in [-0.05, 0) is 17.9 Å². The molecule has 1 aliphatic rings. The molecule has 1 aromatic heterocycles. The second kappa shape index (κ2) is 7.46. The van der Waals surface area contributed by atoms with Crippen molar-refractivity contribution in [1.29, 1.82) is 0 Å². The Hall–Kier alpha value is -2.70. The molecule has 1 atom stereocenters. The van der Waals surface area contributed by atoms with Crippen molar-refractivity contribution in [2.45, 2.75) is 39.2 Å². The number of anilines is 1. The van der Waals surface area contributed by atoms with Crippen LogP contribution < -0.4 is 10.6 Å². The average molecular weight is 341 g/mol. The van der Waals surface area contributed by atoms with E-state index < -0.39 is 6.04 Å². The lowest BCUT2D eigenvalue weighted by atomic mass is 10.1. The van der Waals surface area contributed by atoms with Crippen molar-refractivity contribution >= 4 is 17.8 Å². The van der Waals surface area contributed by atoms with Crippen LogP contribution in [-0.4, -0.2) is 33.1 Å². The van der Waals surface area contributed by atoms with E-state index in [9.17, 15) is 9.59 Å². The highest BCUT2D eigenvalue weighted by Crippen LogP contribution is 2.23. The first-order valence-electron chi connectivity index (χ1n) is 8.60. The van der Waals surface area contributed by atoms with E-state index in [1.54, 1.807) is 0 Å². The summed E-state index contributed by atoms with van der Waals surface area (Å²) in [6.07, 6.45) is 1.53. The van der Waals surface area contributed by atoms with Gasteiger partial charge in [0.25, 0.3) is 0 Å². The minimum atomic E-state index is -0.645. The van der Waals surface area contributed by atoms with Crippen LogP contribution in [0, 0.1) is 5.92 Å². The van der Waals surface area contributed by atoms with Gasteiger partial charge in [-0.2, -0.15) is 10.1 Å². The molecule has 2 N–H and O–H groups in total. The van der Waals surface area contributed by atoms with Gasteiger partial charge in [0.1, 0.15) is 6.04 Å². The van der Waals surface area contributed by atoms with Gasteiger partial charge in [-0.25, -0.2) is 4.68 Å². The van der Waals surface area contributed by atoms with E-state index in [-0.39, 0.29) is 18.2 Å². The molecule has 0 bridgehead atoms. The third kappa shape index (κ3) is 4.23. The van der Waals surface area contributed by atoms with Crippen LogP contribution in [0.3, 0.4) is 0 Å². The van der Waals surface area contributed by atoms with Gasteiger partial charge in [-0.3, -0.25) is 14.9 Å². The molecule has 1 aliphatic heterocycles. The first-order chi connectivity index (χ1) is 12.0. The highest BCUT2D eigenvalue weighted by molar-refractivity contribution is 5.96. The summed E-state index contributed by atoms with van der Waals surface area (Å²) in [4.78, 5) is 28.8. The number of carbonyl (C=O) groups is 2. The van der Waals surface area contributed by atoms with E-state index in [0.717, 1.165) is 12.0 Å². The zero-order valence-corrected chi connectivity index (χ0v) is 14.5. The summed E-state index contributed by atoms with van der Waals surface area (Å²) in [5.41, 5.74) is 1.16. The minimum absolute atomic E-state index is 0.0780. The summed E-state index contributed by atoms with van der Waals surface area (Å²) in [7, 11) is 0. The third-order valence-electron chi connectivity index (χ3n) is 4.05. The maximum atomic E-state index is 12.5. The summed E-state index contributed by atoms with van der Waals surface area (Å²) in [5, 5.41) is 10.0. The molecular weight excluding hydrogens is 318 g/mol. The Morgan fingerprint density at radius 2 is 2.12 bits per heavy atom. The molecule has 3 rings (SSSR count). The zero-order chi connectivity index (χ0) is 17.8. The fourth-order valence-corrected chi connectivity index (χ4v) is 2.86. The van der Waals surface area contributed by atoms with Crippen molar-refractivity contribution < 1.29 is 9.59 Å². The molecule has 7 nitrogen and oxygen atoms in total. The lowest BCUT2D eigenvalue weighted by Crippen LogP contribution is -2.39. The van der Waals surface area contributed by atoms with E-state index in [1.165, 1.54) is 4.68 Å². The Kier molecular flexibility index (Phi) is 5.11. The smallest absolute Gasteiger partial charge is 0.245 e. The first kappa shape index (κ1) is 17.1. The second-order valence-corrected chi connectivity index (χ2v) is 6.69. The number of rotatable bonds is 6. The molecule has 0 radical (unpaired) electrons. The Morgan fingerprint density at radius 1 is 1.36 bits per heavy atom. The van der Waals surface area contributed by atoms with Crippen LogP contribution in [-0.2, 0) is 22.4 Å². The molecule has 0 aliphatic carbocycles. The van der Waals surface area contributed by atoms with Crippen LogP contribution in [0.1, 0.15) is 37.7 Å². The van der Waals surface area contributed by atoms with Crippen LogP contribution in [0.25, 0.3) is 0 Å². The monoisotopic (exact) mass is 341 g/mol. The zero-order valence-electron chi connectivity index (χ0n) is 14.5. The quantitative estimate of drug-likeness (QED) is 0.837. The maximum Gasteiger partial charge on any atom is 0.245 e. The summed E-state index contributed by atoms with van der Waals surface area (Å²) in [6.45, 7) is 4.67. The summed E-state index contributed by atoms with van der Waals surface area (Å²) in [5.74, 6) is 0.995. The maximum absolute atomic E-state index is 12.5. The van der Waals surface area contributed by atoms with Crippen LogP contribution in [0.2, 0.25) is 0 Å². The lowest BCUT2D eigenvalue weighted by molar-refractivity contribution is -0.128. The van der Waals surface area contributed by atoms with Gasteiger partial charge < -0.3 is 5.32 Å². The number of nitrogens with one attached hydrogen (secondary N) is 2. The predicted octanol–water partition coefficient (Wildman–Crippen LogP) is 1.72. The highest BCUT2D eigenvalue weighted by Gasteiger charge is 2.32. The van der Waals surface area contributed by atoms with Crippen molar-refractivity contribution in [1.82, 2.24) is 20.1 Å². The number of hydrogen-bond donors (Lipinski definition) is 2. The van der Waals surface area contributed by atoms with E-state index in [2.05, 4.69) is 34.6 Å². The lowest BCUT2D eigenvalue weighted by Gasteiger charge is -2.22. The van der Waals surface area contributed by atoms with Crippen molar-refractivity contribution in [2.75, 3.05) is 11.9 Å². The molecule has 0 fully saturated rings. The molecule has 2 amide bonds. The SMILES string of the molecule is CC(C)Cc1nc2n(n1)[C@H](C(=O)NCCc1ccccc1)CC(=O)N2. The number of amides is 2. The highest BCUT2D eigenvalue weighted by atomic mass is 16.2. The van der Waals surface area contributed by atoms with Gasteiger partial charge in [0.05, 0.1) is 6.42 Å². The average Bonchev–Trinajstić information content (AvgIpc) is 2.96. The predicted molar refractivity (Wildman–Crippen MR) is 94.0 cm³/mol. The number of nitrogens with zero attached hydrogens (tertiary/aromatic N) is 3. The fourth-order valence-electron chi connectivity index (χ4n) is 2.86. The Bertz CT molecular complexity index is 754. The normalized spacial score (nSPS) is 16.4. The summed E-state index contributed by atoms with van der Waals surface area (Å²) >= 11 is 0. The Labute approximate surface area is 146 Å². The van der Waals surface area contributed by atoms with Gasteiger partial charge >= 0.3 is 0 Å². The van der Waals surface area contributed by atoms with Crippen LogP contribution in [0.5, 0.6) is 0 Å². The van der Waals surface area contributed by atoms with Gasteiger partial charge in [-0.1, -0.05) is 44.2 Å². The third-order valence-corrected chi connectivity index (χ3v) is 4.05. The van der Waals surface area contributed by atoms with Crippen molar-refractivity contribution in [3.63, 3.8) is 0 Å². The van der Waals surface area contributed by atoms with E-state index >= 15 is 0 Å². The van der Waals surface area contributed by atoms with E-state index in [4.69, 9.17) is 0 Å². The molecule has 0 spiro atoms. The van der Waals surface area contributed by atoms with Crippen molar-refractivity contribution in [2.24, 2.45) is 5.92 Å². The molecule has 132 valence electrons. The number of benzene rings is 1.